The molecule has 1 aromatic carbocycles. The molecule has 0 aliphatic rings. The number of halogens is 1. The van der Waals surface area contributed by atoms with Crippen LogP contribution in [0, 0.1) is 5.82 Å². The fourth-order valence-electron chi connectivity index (χ4n) is 2.36. The van der Waals surface area contributed by atoms with E-state index in [4.69, 9.17) is 0 Å². The SMILES string of the molecule is CCC(CC)N(C)CCCC(=O)c1ccc(F)cc1. The maximum atomic E-state index is 12.8. The first-order valence-electron chi connectivity index (χ1n) is 7.07. The Bertz CT molecular complexity index is 384. The lowest BCUT2D eigenvalue weighted by Crippen LogP contribution is -2.31. The van der Waals surface area contributed by atoms with Gasteiger partial charge in [0.05, 0.1) is 0 Å². The molecule has 3 heteroatoms. The molecule has 0 amide bonds. The van der Waals surface area contributed by atoms with Crippen molar-refractivity contribution in [3.8, 4) is 0 Å². The molecule has 0 unspecified atom stereocenters. The highest BCUT2D eigenvalue weighted by Gasteiger charge is 2.11. The minimum absolute atomic E-state index is 0.0953. The molecular weight excluding hydrogens is 241 g/mol. The van der Waals surface area contributed by atoms with Gasteiger partial charge in [0, 0.05) is 18.0 Å². The summed E-state index contributed by atoms with van der Waals surface area (Å²) in [6, 6.07) is 6.39. The average molecular weight is 265 g/mol. The highest BCUT2D eigenvalue weighted by atomic mass is 19.1. The van der Waals surface area contributed by atoms with Crippen molar-refractivity contribution < 1.29 is 9.18 Å². The van der Waals surface area contributed by atoms with Crippen LogP contribution in [0.2, 0.25) is 0 Å². The molecule has 0 N–H and O–H groups in total. The predicted molar refractivity (Wildman–Crippen MR) is 77.0 cm³/mol. The minimum atomic E-state index is -0.301. The summed E-state index contributed by atoms with van der Waals surface area (Å²) in [5.74, 6) is -0.206. The molecule has 19 heavy (non-hydrogen) atoms. The van der Waals surface area contributed by atoms with Crippen LogP contribution in [0.15, 0.2) is 24.3 Å². The Balaban J connectivity index is 2.36. The van der Waals surface area contributed by atoms with E-state index in [1.807, 2.05) is 0 Å². The van der Waals surface area contributed by atoms with Gasteiger partial charge in [0.25, 0.3) is 0 Å². The lowest BCUT2D eigenvalue weighted by Gasteiger charge is -2.25. The van der Waals surface area contributed by atoms with Crippen LogP contribution < -0.4 is 0 Å². The molecule has 2 nitrogen and oxygen atoms in total. The normalized spacial score (nSPS) is 11.3. The van der Waals surface area contributed by atoms with Gasteiger partial charge in [-0.15, -0.1) is 0 Å². The molecule has 0 atom stereocenters. The van der Waals surface area contributed by atoms with Gasteiger partial charge in [-0.3, -0.25) is 4.79 Å². The first kappa shape index (κ1) is 15.8. The fraction of sp³-hybridized carbons (Fsp3) is 0.562. The van der Waals surface area contributed by atoms with E-state index in [1.54, 1.807) is 12.1 Å². The van der Waals surface area contributed by atoms with Crippen LogP contribution in [-0.2, 0) is 0 Å². The molecular formula is C16H24FNO. The van der Waals surface area contributed by atoms with E-state index < -0.39 is 0 Å². The third kappa shape index (κ3) is 5.11. The van der Waals surface area contributed by atoms with Crippen molar-refractivity contribution in [1.29, 1.82) is 0 Å². The van der Waals surface area contributed by atoms with Crippen molar-refractivity contribution in [2.75, 3.05) is 13.6 Å². The molecule has 106 valence electrons. The van der Waals surface area contributed by atoms with E-state index in [9.17, 15) is 9.18 Å². The second-order valence-corrected chi connectivity index (χ2v) is 4.98. The smallest absolute Gasteiger partial charge is 0.162 e. The van der Waals surface area contributed by atoms with Crippen LogP contribution in [0.3, 0.4) is 0 Å². The van der Waals surface area contributed by atoms with Crippen molar-refractivity contribution in [3.63, 3.8) is 0 Å². The molecule has 0 aliphatic heterocycles. The van der Waals surface area contributed by atoms with Gasteiger partial charge < -0.3 is 4.90 Å². The van der Waals surface area contributed by atoms with E-state index >= 15 is 0 Å². The van der Waals surface area contributed by atoms with Crippen LogP contribution in [0.25, 0.3) is 0 Å². The summed E-state index contributed by atoms with van der Waals surface area (Å²) < 4.78 is 12.8. The number of nitrogens with zero attached hydrogens (tertiary/aromatic N) is 1. The Morgan fingerprint density at radius 3 is 2.32 bits per heavy atom. The molecule has 1 aromatic rings. The Hall–Kier alpha value is -1.22. The Morgan fingerprint density at radius 2 is 1.79 bits per heavy atom. The molecule has 0 bridgehead atoms. The highest BCUT2D eigenvalue weighted by molar-refractivity contribution is 5.95. The van der Waals surface area contributed by atoms with Gasteiger partial charge in [-0.1, -0.05) is 13.8 Å². The fourth-order valence-corrected chi connectivity index (χ4v) is 2.36. The number of carbonyl (C=O) groups is 1. The summed E-state index contributed by atoms with van der Waals surface area (Å²) in [6.07, 6.45) is 3.65. The molecule has 1 rings (SSSR count). The zero-order chi connectivity index (χ0) is 14.3. The number of Topliss-reactive ketones (excluding diaryl/α,β-unsaturated/α-hetero) is 1. The standard InChI is InChI=1S/C16H24FNO/c1-4-15(5-2)18(3)12-6-7-16(19)13-8-10-14(17)11-9-13/h8-11,15H,4-7,12H2,1-3H3. The summed E-state index contributed by atoms with van der Waals surface area (Å²) in [6.45, 7) is 5.31. The lowest BCUT2D eigenvalue weighted by atomic mass is 10.1. The number of hydrogen-bond acceptors (Lipinski definition) is 2. The summed E-state index contributed by atoms with van der Waals surface area (Å²) in [4.78, 5) is 14.2. The van der Waals surface area contributed by atoms with Gasteiger partial charge in [-0.05, 0) is 57.1 Å². The summed E-state index contributed by atoms with van der Waals surface area (Å²) in [5.41, 5.74) is 0.603. The molecule has 0 aliphatic carbocycles. The number of ketones is 1. The number of rotatable bonds is 8. The van der Waals surface area contributed by atoms with E-state index in [1.165, 1.54) is 12.1 Å². The third-order valence-corrected chi connectivity index (χ3v) is 3.65. The van der Waals surface area contributed by atoms with Crippen molar-refractivity contribution in [1.82, 2.24) is 4.90 Å². The minimum Gasteiger partial charge on any atom is -0.303 e. The maximum Gasteiger partial charge on any atom is 0.162 e. The first-order chi connectivity index (χ1) is 9.08. The van der Waals surface area contributed by atoms with E-state index in [0.717, 1.165) is 25.8 Å². The van der Waals surface area contributed by atoms with E-state index in [-0.39, 0.29) is 11.6 Å². The Labute approximate surface area is 115 Å². The van der Waals surface area contributed by atoms with Crippen molar-refractivity contribution in [2.45, 2.75) is 45.6 Å². The number of hydrogen-bond donors (Lipinski definition) is 0. The average Bonchev–Trinajstić information content (AvgIpc) is 2.40. The van der Waals surface area contributed by atoms with Crippen molar-refractivity contribution >= 4 is 5.78 Å². The van der Waals surface area contributed by atoms with Crippen molar-refractivity contribution in [3.05, 3.63) is 35.6 Å². The summed E-state index contributed by atoms with van der Waals surface area (Å²) in [7, 11) is 2.11. The maximum absolute atomic E-state index is 12.8. The zero-order valence-electron chi connectivity index (χ0n) is 12.2. The van der Waals surface area contributed by atoms with E-state index in [0.29, 0.717) is 18.0 Å². The van der Waals surface area contributed by atoms with Gasteiger partial charge in [-0.2, -0.15) is 0 Å². The summed E-state index contributed by atoms with van der Waals surface area (Å²) in [5, 5.41) is 0. The monoisotopic (exact) mass is 265 g/mol. The van der Waals surface area contributed by atoms with Gasteiger partial charge >= 0.3 is 0 Å². The molecule has 0 fully saturated rings. The van der Waals surface area contributed by atoms with Crippen LogP contribution in [0.4, 0.5) is 4.39 Å². The van der Waals surface area contributed by atoms with Gasteiger partial charge in [0.15, 0.2) is 5.78 Å². The third-order valence-electron chi connectivity index (χ3n) is 3.65. The van der Waals surface area contributed by atoms with Crippen LogP contribution in [0.5, 0.6) is 0 Å². The van der Waals surface area contributed by atoms with Gasteiger partial charge in [0.2, 0.25) is 0 Å². The highest BCUT2D eigenvalue weighted by Crippen LogP contribution is 2.10. The number of benzene rings is 1. The summed E-state index contributed by atoms with van der Waals surface area (Å²) >= 11 is 0. The second kappa shape index (κ2) is 8.05. The predicted octanol–water partition coefficient (Wildman–Crippen LogP) is 3.91. The van der Waals surface area contributed by atoms with Crippen LogP contribution in [-0.4, -0.2) is 30.3 Å². The lowest BCUT2D eigenvalue weighted by molar-refractivity contribution is 0.0973. The Morgan fingerprint density at radius 1 is 1.21 bits per heavy atom. The Kier molecular flexibility index (Phi) is 6.71. The van der Waals surface area contributed by atoms with Crippen LogP contribution >= 0.6 is 0 Å². The zero-order valence-corrected chi connectivity index (χ0v) is 12.2. The van der Waals surface area contributed by atoms with Crippen LogP contribution in [0.1, 0.15) is 49.9 Å². The van der Waals surface area contributed by atoms with E-state index in [2.05, 4.69) is 25.8 Å². The molecule has 0 heterocycles. The number of carbonyl (C=O) groups excluding carboxylic acids is 1. The second-order valence-electron chi connectivity index (χ2n) is 4.98. The topological polar surface area (TPSA) is 20.3 Å². The largest absolute Gasteiger partial charge is 0.303 e. The molecule has 0 saturated heterocycles. The molecule has 0 saturated carbocycles. The molecule has 0 radical (unpaired) electrons. The van der Waals surface area contributed by atoms with Gasteiger partial charge in [0.1, 0.15) is 5.82 Å². The van der Waals surface area contributed by atoms with Gasteiger partial charge in [-0.25, -0.2) is 4.39 Å². The van der Waals surface area contributed by atoms with Crippen molar-refractivity contribution in [2.24, 2.45) is 0 Å². The molecule has 0 spiro atoms. The molecule has 0 aromatic heterocycles. The quantitative estimate of drug-likeness (QED) is 0.664. The first-order valence-corrected chi connectivity index (χ1v) is 7.07.